The van der Waals surface area contributed by atoms with Crippen molar-refractivity contribution in [3.05, 3.63) is 57.2 Å². The second kappa shape index (κ2) is 10.2. The lowest BCUT2D eigenvalue weighted by atomic mass is 10.1. The van der Waals surface area contributed by atoms with Crippen molar-refractivity contribution in [1.29, 1.82) is 0 Å². The van der Waals surface area contributed by atoms with Crippen molar-refractivity contribution in [3.63, 3.8) is 0 Å². The van der Waals surface area contributed by atoms with E-state index < -0.39 is 21.6 Å². The number of thiophene rings is 1. The molecular formula is C22H26N2O6S2. The number of carbonyl (C=O) groups excluding carboxylic acids is 1. The SMILES string of the molecule is CCCCOc1c(C(=O)OCC)c2sccc2n(Cc2ccc(NS(C)(=O)=O)cc2)c1=O. The van der Waals surface area contributed by atoms with Crippen LogP contribution in [-0.2, 0) is 21.3 Å². The average Bonchev–Trinajstić information content (AvgIpc) is 3.20. The number of nitrogens with zero attached hydrogens (tertiary/aromatic N) is 1. The number of benzene rings is 1. The van der Waals surface area contributed by atoms with Gasteiger partial charge >= 0.3 is 5.97 Å². The Bertz CT molecular complexity index is 1260. The molecule has 0 atom stereocenters. The first kappa shape index (κ1) is 23.8. The molecular weight excluding hydrogens is 452 g/mol. The summed E-state index contributed by atoms with van der Waals surface area (Å²) in [4.78, 5) is 26.1. The smallest absolute Gasteiger partial charge is 0.343 e. The number of sulfonamides is 1. The van der Waals surface area contributed by atoms with Crippen LogP contribution >= 0.6 is 11.3 Å². The fourth-order valence-electron chi connectivity index (χ4n) is 3.22. The summed E-state index contributed by atoms with van der Waals surface area (Å²) in [6, 6.07) is 8.55. The Morgan fingerprint density at radius 1 is 1.16 bits per heavy atom. The minimum Gasteiger partial charge on any atom is -0.487 e. The summed E-state index contributed by atoms with van der Waals surface area (Å²) in [5, 5.41) is 1.82. The lowest BCUT2D eigenvalue weighted by Gasteiger charge is -2.16. The zero-order valence-electron chi connectivity index (χ0n) is 18.2. The zero-order valence-corrected chi connectivity index (χ0v) is 19.8. The van der Waals surface area contributed by atoms with Gasteiger partial charge in [-0.05, 0) is 42.5 Å². The van der Waals surface area contributed by atoms with Crippen molar-refractivity contribution < 1.29 is 22.7 Å². The molecule has 32 heavy (non-hydrogen) atoms. The van der Waals surface area contributed by atoms with Gasteiger partial charge < -0.3 is 9.47 Å². The molecule has 0 saturated carbocycles. The zero-order chi connectivity index (χ0) is 23.3. The molecule has 0 unspecified atom stereocenters. The average molecular weight is 479 g/mol. The van der Waals surface area contributed by atoms with Gasteiger partial charge in [0.1, 0.15) is 5.56 Å². The molecule has 0 amide bonds. The largest absolute Gasteiger partial charge is 0.487 e. The summed E-state index contributed by atoms with van der Waals surface area (Å²) in [7, 11) is -3.38. The van der Waals surface area contributed by atoms with Crippen LogP contribution in [0.3, 0.4) is 0 Å². The van der Waals surface area contributed by atoms with Gasteiger partial charge in [0.25, 0.3) is 5.56 Å². The van der Waals surface area contributed by atoms with Crippen molar-refractivity contribution in [1.82, 2.24) is 4.57 Å². The number of unbranched alkanes of at least 4 members (excludes halogenated alkanes) is 1. The maximum absolute atomic E-state index is 13.4. The monoisotopic (exact) mass is 478 g/mol. The highest BCUT2D eigenvalue weighted by Crippen LogP contribution is 2.31. The maximum Gasteiger partial charge on any atom is 0.343 e. The van der Waals surface area contributed by atoms with E-state index in [1.807, 2.05) is 12.3 Å². The normalized spacial score (nSPS) is 11.5. The van der Waals surface area contributed by atoms with Gasteiger partial charge in [-0.25, -0.2) is 13.2 Å². The summed E-state index contributed by atoms with van der Waals surface area (Å²) >= 11 is 1.35. The van der Waals surface area contributed by atoms with Gasteiger partial charge in [0.05, 0.1) is 36.2 Å². The first-order valence-electron chi connectivity index (χ1n) is 10.3. The van der Waals surface area contributed by atoms with Gasteiger partial charge in [0.15, 0.2) is 0 Å². The van der Waals surface area contributed by atoms with Crippen molar-refractivity contribution in [2.24, 2.45) is 0 Å². The van der Waals surface area contributed by atoms with Crippen LogP contribution in [0.2, 0.25) is 0 Å². The molecule has 3 rings (SSSR count). The van der Waals surface area contributed by atoms with Crippen molar-refractivity contribution in [3.8, 4) is 5.75 Å². The molecule has 2 heterocycles. The standard InChI is InChI=1S/C22H26N2O6S2/c1-4-6-12-30-19-18(22(26)29-5-2)20-17(11-13-31-20)24(21(19)25)14-15-7-9-16(10-8-15)23-32(3,27)28/h7-11,13,23H,4-6,12,14H2,1-3H3. The molecule has 10 heteroatoms. The minimum absolute atomic E-state index is 0.00205. The molecule has 8 nitrogen and oxygen atoms in total. The topological polar surface area (TPSA) is 104 Å². The number of fused-ring (bicyclic) bond motifs is 1. The van der Waals surface area contributed by atoms with Crippen molar-refractivity contribution in [2.45, 2.75) is 33.2 Å². The molecule has 0 aliphatic rings. The number of pyridine rings is 1. The Kier molecular flexibility index (Phi) is 7.57. The van der Waals surface area contributed by atoms with Gasteiger partial charge in [-0.1, -0.05) is 25.5 Å². The summed E-state index contributed by atoms with van der Waals surface area (Å²) in [5.41, 5.74) is 1.60. The Labute approximate surface area is 190 Å². The number of hydrogen-bond donors (Lipinski definition) is 1. The number of esters is 1. The lowest BCUT2D eigenvalue weighted by Crippen LogP contribution is -2.26. The number of nitrogens with one attached hydrogen (secondary N) is 1. The van der Waals surface area contributed by atoms with Crippen LogP contribution in [0.5, 0.6) is 5.75 Å². The molecule has 1 aromatic carbocycles. The third-order valence-electron chi connectivity index (χ3n) is 4.65. The summed E-state index contributed by atoms with van der Waals surface area (Å²) < 4.78 is 38.4. The number of carbonyl (C=O) groups is 1. The van der Waals surface area contributed by atoms with E-state index in [0.29, 0.717) is 22.5 Å². The summed E-state index contributed by atoms with van der Waals surface area (Å²) in [6.45, 7) is 4.47. The third-order valence-corrected chi connectivity index (χ3v) is 6.18. The molecule has 172 valence electrons. The van der Waals surface area contributed by atoms with Crippen LogP contribution in [0, 0.1) is 0 Å². The molecule has 0 radical (unpaired) electrons. The summed E-state index contributed by atoms with van der Waals surface area (Å²) in [5.74, 6) is -0.575. The number of aromatic nitrogens is 1. The van der Waals surface area contributed by atoms with Crippen molar-refractivity contribution >= 4 is 43.2 Å². The van der Waals surface area contributed by atoms with E-state index in [9.17, 15) is 18.0 Å². The van der Waals surface area contributed by atoms with E-state index in [1.54, 1.807) is 41.8 Å². The first-order chi connectivity index (χ1) is 15.2. The van der Waals surface area contributed by atoms with Crippen LogP contribution in [0.1, 0.15) is 42.6 Å². The predicted molar refractivity (Wildman–Crippen MR) is 126 cm³/mol. The van der Waals surface area contributed by atoms with Gasteiger partial charge in [-0.3, -0.25) is 14.1 Å². The van der Waals surface area contributed by atoms with Gasteiger partial charge in [0.2, 0.25) is 15.8 Å². The van der Waals surface area contributed by atoms with Crippen molar-refractivity contribution in [2.75, 3.05) is 24.2 Å². The van der Waals surface area contributed by atoms with E-state index in [1.165, 1.54) is 11.3 Å². The highest BCUT2D eigenvalue weighted by molar-refractivity contribution is 7.92. The number of ether oxygens (including phenoxy) is 2. The van der Waals surface area contributed by atoms with Gasteiger partial charge in [-0.2, -0.15) is 0 Å². The second-order valence-electron chi connectivity index (χ2n) is 7.22. The van der Waals surface area contributed by atoms with Gasteiger partial charge in [-0.15, -0.1) is 11.3 Å². The molecule has 1 N–H and O–H groups in total. The van der Waals surface area contributed by atoms with E-state index in [-0.39, 0.29) is 24.5 Å². The Hall–Kier alpha value is -2.85. The van der Waals surface area contributed by atoms with E-state index in [2.05, 4.69) is 4.72 Å². The highest BCUT2D eigenvalue weighted by atomic mass is 32.2. The van der Waals surface area contributed by atoms with Crippen LogP contribution in [0.4, 0.5) is 5.69 Å². The second-order valence-corrected chi connectivity index (χ2v) is 9.89. The molecule has 0 aliphatic carbocycles. The molecule has 2 aromatic heterocycles. The Morgan fingerprint density at radius 2 is 1.88 bits per heavy atom. The third kappa shape index (κ3) is 5.49. The minimum atomic E-state index is -3.38. The van der Waals surface area contributed by atoms with E-state index >= 15 is 0 Å². The molecule has 0 fully saturated rings. The number of anilines is 1. The molecule has 0 saturated heterocycles. The Morgan fingerprint density at radius 3 is 2.50 bits per heavy atom. The quantitative estimate of drug-likeness (QED) is 0.351. The predicted octanol–water partition coefficient (Wildman–Crippen LogP) is 3.84. The highest BCUT2D eigenvalue weighted by Gasteiger charge is 2.25. The maximum atomic E-state index is 13.4. The fraction of sp³-hybridized carbons (Fsp3) is 0.364. The lowest BCUT2D eigenvalue weighted by molar-refractivity contribution is 0.0523. The van der Waals surface area contributed by atoms with Gasteiger partial charge in [0, 0.05) is 5.69 Å². The molecule has 3 aromatic rings. The number of rotatable bonds is 10. The molecule has 0 bridgehead atoms. The Balaban J connectivity index is 2.06. The van der Waals surface area contributed by atoms with Crippen LogP contribution in [0.25, 0.3) is 10.2 Å². The fourth-order valence-corrected chi connectivity index (χ4v) is 4.71. The van der Waals surface area contributed by atoms with Crippen LogP contribution in [-0.4, -0.2) is 38.4 Å². The molecule has 0 spiro atoms. The van der Waals surface area contributed by atoms with Crippen LogP contribution in [0.15, 0.2) is 40.5 Å². The van der Waals surface area contributed by atoms with E-state index in [0.717, 1.165) is 24.7 Å². The summed E-state index contributed by atoms with van der Waals surface area (Å²) in [6.07, 6.45) is 2.72. The number of hydrogen-bond acceptors (Lipinski definition) is 7. The van der Waals surface area contributed by atoms with E-state index in [4.69, 9.17) is 9.47 Å². The molecule has 0 aliphatic heterocycles. The van der Waals surface area contributed by atoms with Crippen LogP contribution < -0.4 is 15.0 Å². The first-order valence-corrected chi connectivity index (χ1v) is 13.0.